The van der Waals surface area contributed by atoms with Gasteiger partial charge in [0.25, 0.3) is 0 Å². The molecule has 7 nitrogen and oxygen atoms in total. The Bertz CT molecular complexity index is 252. The second kappa shape index (κ2) is 6.29. The fourth-order valence-electron chi connectivity index (χ4n) is 1.42. The van der Waals surface area contributed by atoms with E-state index in [-0.39, 0.29) is 19.1 Å². The van der Waals surface area contributed by atoms with Crippen molar-refractivity contribution >= 4 is 12.0 Å². The fourth-order valence-corrected chi connectivity index (χ4v) is 1.42. The number of hydrogen-bond acceptors (Lipinski definition) is 4. The van der Waals surface area contributed by atoms with Gasteiger partial charge in [0.1, 0.15) is 6.04 Å². The average Bonchev–Trinajstić information content (AvgIpc) is 2.69. The minimum absolute atomic E-state index is 0.01000. The Kier molecular flexibility index (Phi) is 5.00. The van der Waals surface area contributed by atoms with E-state index in [1.807, 2.05) is 0 Å². The Labute approximate surface area is 92.8 Å². The molecule has 4 N–H and O–H groups in total. The number of aliphatic hydroxyl groups is 1. The second-order valence-electron chi connectivity index (χ2n) is 3.58. The molecule has 7 heteroatoms. The van der Waals surface area contributed by atoms with Gasteiger partial charge in [0.15, 0.2) is 0 Å². The number of nitrogens with one attached hydrogen (secondary N) is 2. The van der Waals surface area contributed by atoms with Gasteiger partial charge >= 0.3 is 12.0 Å². The lowest BCUT2D eigenvalue weighted by Crippen LogP contribution is -2.49. The Hall–Kier alpha value is -1.34. The first-order valence-corrected chi connectivity index (χ1v) is 5.12. The highest BCUT2D eigenvalue weighted by Crippen LogP contribution is 2.02. The maximum absolute atomic E-state index is 11.4. The summed E-state index contributed by atoms with van der Waals surface area (Å²) in [5.41, 5.74) is 0. The summed E-state index contributed by atoms with van der Waals surface area (Å²) in [5.74, 6) is -1.16. The summed E-state index contributed by atoms with van der Waals surface area (Å²) >= 11 is 0. The molecule has 0 aromatic heterocycles. The summed E-state index contributed by atoms with van der Waals surface area (Å²) in [6.07, 6.45) is 0.717. The van der Waals surface area contributed by atoms with E-state index >= 15 is 0 Å². The normalized spacial score (nSPS) is 21.4. The van der Waals surface area contributed by atoms with E-state index in [1.54, 1.807) is 0 Å². The van der Waals surface area contributed by atoms with Crippen molar-refractivity contribution in [1.29, 1.82) is 0 Å². The first-order chi connectivity index (χ1) is 7.63. The van der Waals surface area contributed by atoms with Crippen LogP contribution >= 0.6 is 0 Å². The number of amides is 2. The lowest BCUT2D eigenvalue weighted by Gasteiger charge is -2.16. The van der Waals surface area contributed by atoms with Crippen molar-refractivity contribution in [2.75, 3.05) is 19.8 Å². The van der Waals surface area contributed by atoms with E-state index in [0.29, 0.717) is 13.2 Å². The van der Waals surface area contributed by atoms with Crippen molar-refractivity contribution in [3.05, 3.63) is 0 Å². The fraction of sp³-hybridized carbons (Fsp3) is 0.778. The minimum Gasteiger partial charge on any atom is -0.480 e. The summed E-state index contributed by atoms with van der Waals surface area (Å²) in [5, 5.41) is 22.2. The van der Waals surface area contributed by atoms with E-state index in [2.05, 4.69) is 10.6 Å². The molecule has 0 spiro atoms. The number of aliphatic hydroxyl groups excluding tert-OH is 1. The molecule has 0 aromatic carbocycles. The number of urea groups is 1. The molecule has 1 rings (SSSR count). The predicted molar refractivity (Wildman–Crippen MR) is 54.0 cm³/mol. The lowest BCUT2D eigenvalue weighted by atomic mass is 10.2. The zero-order valence-electron chi connectivity index (χ0n) is 8.81. The maximum atomic E-state index is 11.4. The van der Waals surface area contributed by atoms with Crippen LogP contribution in [0.5, 0.6) is 0 Å². The molecule has 1 unspecified atom stereocenters. The molecule has 0 saturated carbocycles. The molecular weight excluding hydrogens is 216 g/mol. The molecule has 0 aliphatic carbocycles. The van der Waals surface area contributed by atoms with E-state index in [1.165, 1.54) is 0 Å². The van der Waals surface area contributed by atoms with Crippen LogP contribution in [0.1, 0.15) is 12.8 Å². The van der Waals surface area contributed by atoms with Crippen molar-refractivity contribution < 1.29 is 24.5 Å². The molecule has 0 aromatic rings. The van der Waals surface area contributed by atoms with E-state index < -0.39 is 18.0 Å². The highest BCUT2D eigenvalue weighted by molar-refractivity contribution is 5.82. The smallest absolute Gasteiger partial charge is 0.326 e. The first-order valence-electron chi connectivity index (χ1n) is 5.12. The molecule has 16 heavy (non-hydrogen) atoms. The molecule has 92 valence electrons. The first kappa shape index (κ1) is 12.7. The summed E-state index contributed by atoms with van der Waals surface area (Å²) in [4.78, 5) is 22.0. The average molecular weight is 232 g/mol. The van der Waals surface area contributed by atoms with Crippen LogP contribution in [0.4, 0.5) is 4.79 Å². The van der Waals surface area contributed by atoms with Crippen molar-refractivity contribution in [2.24, 2.45) is 0 Å². The van der Waals surface area contributed by atoms with Gasteiger partial charge in [-0.3, -0.25) is 0 Å². The number of aliphatic carboxylic acids is 1. The van der Waals surface area contributed by atoms with Gasteiger partial charge in [-0.25, -0.2) is 9.59 Å². The van der Waals surface area contributed by atoms with Crippen LogP contribution in [0.3, 0.4) is 0 Å². The quantitative estimate of drug-likeness (QED) is 0.481. The monoisotopic (exact) mass is 232 g/mol. The number of hydrogen-bond donors (Lipinski definition) is 4. The number of carboxylic acids is 1. The third kappa shape index (κ3) is 4.03. The largest absolute Gasteiger partial charge is 0.480 e. The molecular formula is C9H16N2O5. The van der Waals surface area contributed by atoms with E-state index in [9.17, 15) is 9.59 Å². The summed E-state index contributed by atoms with van der Waals surface area (Å²) in [7, 11) is 0. The second-order valence-corrected chi connectivity index (χ2v) is 3.58. The SMILES string of the molecule is O=C(NC1CCOC1)N[C@H](CCO)C(=O)O. The number of rotatable bonds is 5. The Balaban J connectivity index is 2.32. The van der Waals surface area contributed by atoms with Crippen molar-refractivity contribution in [1.82, 2.24) is 10.6 Å². The standard InChI is InChI=1S/C9H16N2O5/c12-3-1-7(8(13)14)11-9(15)10-6-2-4-16-5-6/h6-7,12H,1-5H2,(H,13,14)(H2,10,11,15)/t6?,7-/m1/s1. The summed E-state index contributed by atoms with van der Waals surface area (Å²) in [6, 6.07) is -1.67. The van der Waals surface area contributed by atoms with E-state index in [4.69, 9.17) is 14.9 Å². The minimum atomic E-state index is -1.16. The Morgan fingerprint density at radius 2 is 2.25 bits per heavy atom. The highest BCUT2D eigenvalue weighted by Gasteiger charge is 2.22. The number of carboxylic acid groups (broad SMARTS) is 1. The number of carbonyl (C=O) groups excluding carboxylic acids is 1. The molecule has 0 bridgehead atoms. The predicted octanol–water partition coefficient (Wildman–Crippen LogP) is -1.09. The topological polar surface area (TPSA) is 108 Å². The molecule has 2 amide bonds. The lowest BCUT2D eigenvalue weighted by molar-refractivity contribution is -0.139. The van der Waals surface area contributed by atoms with Gasteiger partial charge in [-0.1, -0.05) is 0 Å². The number of carbonyl (C=O) groups is 2. The molecule has 0 radical (unpaired) electrons. The maximum Gasteiger partial charge on any atom is 0.326 e. The Morgan fingerprint density at radius 1 is 1.50 bits per heavy atom. The number of ether oxygens (including phenoxy) is 1. The van der Waals surface area contributed by atoms with Gasteiger partial charge in [0, 0.05) is 19.6 Å². The molecule has 1 aliphatic rings. The van der Waals surface area contributed by atoms with Crippen LogP contribution in [0, 0.1) is 0 Å². The van der Waals surface area contributed by atoms with Crippen LogP contribution in [0.25, 0.3) is 0 Å². The third-order valence-electron chi connectivity index (χ3n) is 2.29. The van der Waals surface area contributed by atoms with Crippen LogP contribution in [0.2, 0.25) is 0 Å². The van der Waals surface area contributed by atoms with Crippen LogP contribution in [-0.4, -0.2) is 54.1 Å². The molecule has 1 aliphatic heterocycles. The van der Waals surface area contributed by atoms with Crippen molar-refractivity contribution in [3.8, 4) is 0 Å². The van der Waals surface area contributed by atoms with Crippen LogP contribution < -0.4 is 10.6 Å². The van der Waals surface area contributed by atoms with Gasteiger partial charge < -0.3 is 25.6 Å². The molecule has 1 fully saturated rings. The molecule has 2 atom stereocenters. The van der Waals surface area contributed by atoms with Gasteiger partial charge in [0.2, 0.25) is 0 Å². The zero-order chi connectivity index (χ0) is 12.0. The van der Waals surface area contributed by atoms with Crippen molar-refractivity contribution in [3.63, 3.8) is 0 Å². The molecule has 1 saturated heterocycles. The van der Waals surface area contributed by atoms with Gasteiger partial charge in [-0.15, -0.1) is 0 Å². The third-order valence-corrected chi connectivity index (χ3v) is 2.29. The highest BCUT2D eigenvalue weighted by atomic mass is 16.5. The zero-order valence-corrected chi connectivity index (χ0v) is 8.81. The van der Waals surface area contributed by atoms with Gasteiger partial charge in [-0.2, -0.15) is 0 Å². The Morgan fingerprint density at radius 3 is 2.75 bits per heavy atom. The summed E-state index contributed by atoms with van der Waals surface area (Å²) in [6.45, 7) is 0.763. The van der Waals surface area contributed by atoms with Gasteiger partial charge in [-0.05, 0) is 6.42 Å². The van der Waals surface area contributed by atoms with Crippen molar-refractivity contribution in [2.45, 2.75) is 24.9 Å². The van der Waals surface area contributed by atoms with Crippen LogP contribution in [-0.2, 0) is 9.53 Å². The molecule has 1 heterocycles. The van der Waals surface area contributed by atoms with E-state index in [0.717, 1.165) is 6.42 Å². The van der Waals surface area contributed by atoms with Crippen LogP contribution in [0.15, 0.2) is 0 Å². The summed E-state index contributed by atoms with van der Waals surface area (Å²) < 4.78 is 5.06. The van der Waals surface area contributed by atoms with Gasteiger partial charge in [0.05, 0.1) is 12.6 Å².